The second-order valence-electron chi connectivity index (χ2n) is 6.56. The third kappa shape index (κ3) is 5.23. The van der Waals surface area contributed by atoms with Crippen LogP contribution in [-0.4, -0.2) is 48.5 Å². The zero-order chi connectivity index (χ0) is 16.1. The van der Waals surface area contributed by atoms with E-state index >= 15 is 0 Å². The zero-order valence-corrected chi connectivity index (χ0v) is 17.2. The molecule has 24 heavy (non-hydrogen) atoms. The molecular weight excluding hydrogens is 435 g/mol. The van der Waals surface area contributed by atoms with Crippen LogP contribution in [0.15, 0.2) is 29.3 Å². The van der Waals surface area contributed by atoms with E-state index < -0.39 is 0 Å². The van der Waals surface area contributed by atoms with Gasteiger partial charge in [0.15, 0.2) is 5.96 Å². The maximum atomic E-state index is 6.23. The Morgan fingerprint density at radius 3 is 2.42 bits per heavy atom. The van der Waals surface area contributed by atoms with E-state index in [1.165, 1.54) is 37.7 Å². The Morgan fingerprint density at radius 1 is 1.08 bits per heavy atom. The van der Waals surface area contributed by atoms with Crippen LogP contribution < -0.4 is 5.73 Å². The molecule has 134 valence electrons. The van der Waals surface area contributed by atoms with Crippen molar-refractivity contribution >= 4 is 41.5 Å². The summed E-state index contributed by atoms with van der Waals surface area (Å²) in [7, 11) is 0. The van der Waals surface area contributed by atoms with Gasteiger partial charge in [-0.3, -0.25) is 9.89 Å². The van der Waals surface area contributed by atoms with Gasteiger partial charge in [-0.2, -0.15) is 0 Å². The number of rotatable bonds is 4. The number of nitrogens with zero attached hydrogens (tertiary/aromatic N) is 3. The molecule has 2 aliphatic heterocycles. The Morgan fingerprint density at radius 2 is 1.75 bits per heavy atom. The van der Waals surface area contributed by atoms with Crippen molar-refractivity contribution in [1.82, 2.24) is 9.80 Å². The lowest BCUT2D eigenvalue weighted by Gasteiger charge is -2.30. The van der Waals surface area contributed by atoms with Crippen LogP contribution in [0.25, 0.3) is 0 Å². The molecule has 0 bridgehead atoms. The van der Waals surface area contributed by atoms with Crippen LogP contribution in [0.2, 0.25) is 5.02 Å². The molecule has 0 radical (unpaired) electrons. The van der Waals surface area contributed by atoms with E-state index in [2.05, 4.69) is 21.9 Å². The van der Waals surface area contributed by atoms with Gasteiger partial charge in [-0.15, -0.1) is 24.0 Å². The van der Waals surface area contributed by atoms with Gasteiger partial charge in [0, 0.05) is 18.1 Å². The van der Waals surface area contributed by atoms with Gasteiger partial charge in [-0.05, 0) is 62.9 Å². The molecule has 1 aromatic rings. The lowest BCUT2D eigenvalue weighted by molar-refractivity contribution is 0.250. The predicted molar refractivity (Wildman–Crippen MR) is 112 cm³/mol. The number of benzene rings is 1. The Hall–Kier alpha value is -0.530. The fourth-order valence-electron chi connectivity index (χ4n) is 3.60. The van der Waals surface area contributed by atoms with E-state index in [9.17, 15) is 0 Å². The number of guanidine groups is 1. The molecule has 0 saturated carbocycles. The van der Waals surface area contributed by atoms with Crippen molar-refractivity contribution in [3.05, 3.63) is 34.9 Å². The maximum Gasteiger partial charge on any atom is 0.191 e. The lowest BCUT2D eigenvalue weighted by Crippen LogP contribution is -2.41. The molecule has 2 heterocycles. The molecule has 1 atom stereocenters. The summed E-state index contributed by atoms with van der Waals surface area (Å²) in [6.07, 6.45) is 6.29. The number of piperidine rings is 1. The van der Waals surface area contributed by atoms with Crippen LogP contribution >= 0.6 is 35.6 Å². The fraction of sp³-hybridized carbons (Fsp3) is 0.611. The second kappa shape index (κ2) is 9.82. The van der Waals surface area contributed by atoms with E-state index in [1.807, 2.05) is 12.1 Å². The van der Waals surface area contributed by atoms with E-state index in [0.29, 0.717) is 12.5 Å². The Balaban J connectivity index is 0.00000208. The minimum absolute atomic E-state index is 0. The van der Waals surface area contributed by atoms with Crippen LogP contribution in [0.5, 0.6) is 0 Å². The first-order valence-electron chi connectivity index (χ1n) is 8.78. The van der Waals surface area contributed by atoms with Crippen molar-refractivity contribution in [2.24, 2.45) is 10.7 Å². The first-order valence-corrected chi connectivity index (χ1v) is 9.16. The van der Waals surface area contributed by atoms with E-state index in [1.54, 1.807) is 0 Å². The van der Waals surface area contributed by atoms with Crippen molar-refractivity contribution < 1.29 is 0 Å². The van der Waals surface area contributed by atoms with Crippen LogP contribution in [0.3, 0.4) is 0 Å². The molecule has 2 fully saturated rings. The van der Waals surface area contributed by atoms with E-state index in [0.717, 1.165) is 31.2 Å². The average molecular weight is 463 g/mol. The SMILES string of the molecule is I.NC(=NCC(c1cccc(Cl)c1)N1CCCC1)N1CCCCC1. The van der Waals surface area contributed by atoms with Crippen LogP contribution in [0, 0.1) is 0 Å². The minimum atomic E-state index is 0. The van der Waals surface area contributed by atoms with Crippen LogP contribution in [-0.2, 0) is 0 Å². The van der Waals surface area contributed by atoms with Gasteiger partial charge in [0.2, 0.25) is 0 Å². The quantitative estimate of drug-likeness (QED) is 0.419. The standard InChI is InChI=1S/C18H27ClN4.HI/c19-16-8-6-7-15(13-16)17(22-9-4-5-10-22)14-21-18(20)23-11-2-1-3-12-23;/h6-8,13,17H,1-5,9-12,14H2,(H2,20,21);1H. The highest BCUT2D eigenvalue weighted by atomic mass is 127. The van der Waals surface area contributed by atoms with Gasteiger partial charge in [0.05, 0.1) is 12.6 Å². The number of hydrogen-bond donors (Lipinski definition) is 1. The highest BCUT2D eigenvalue weighted by molar-refractivity contribution is 14.0. The first-order chi connectivity index (χ1) is 11.2. The van der Waals surface area contributed by atoms with Crippen LogP contribution in [0.1, 0.15) is 43.7 Å². The monoisotopic (exact) mass is 462 g/mol. The molecule has 0 aliphatic carbocycles. The third-order valence-corrected chi connectivity index (χ3v) is 5.16. The number of likely N-dealkylation sites (tertiary alicyclic amines) is 2. The molecule has 2 aliphatic rings. The zero-order valence-electron chi connectivity index (χ0n) is 14.2. The second-order valence-corrected chi connectivity index (χ2v) is 7.00. The summed E-state index contributed by atoms with van der Waals surface area (Å²) in [5.74, 6) is 0.705. The molecule has 2 saturated heterocycles. The van der Waals surface area contributed by atoms with Gasteiger partial charge in [-0.1, -0.05) is 23.7 Å². The smallest absolute Gasteiger partial charge is 0.191 e. The normalized spacial score (nSPS) is 20.7. The number of hydrogen-bond acceptors (Lipinski definition) is 2. The molecule has 6 heteroatoms. The van der Waals surface area contributed by atoms with E-state index in [4.69, 9.17) is 22.3 Å². The van der Waals surface area contributed by atoms with Crippen molar-refractivity contribution in [2.45, 2.75) is 38.1 Å². The molecule has 0 aromatic heterocycles. The van der Waals surface area contributed by atoms with Gasteiger partial charge < -0.3 is 10.6 Å². The number of nitrogens with two attached hydrogens (primary N) is 1. The number of aliphatic imine (C=N–C) groups is 1. The largest absolute Gasteiger partial charge is 0.370 e. The van der Waals surface area contributed by atoms with Crippen molar-refractivity contribution in [1.29, 1.82) is 0 Å². The fourth-order valence-corrected chi connectivity index (χ4v) is 3.80. The molecule has 0 spiro atoms. The minimum Gasteiger partial charge on any atom is -0.370 e. The molecule has 1 unspecified atom stereocenters. The predicted octanol–water partition coefficient (Wildman–Crippen LogP) is 3.90. The molecule has 3 rings (SSSR count). The number of halogens is 2. The van der Waals surface area contributed by atoms with Crippen molar-refractivity contribution in [2.75, 3.05) is 32.7 Å². The van der Waals surface area contributed by atoms with Gasteiger partial charge in [-0.25, -0.2) is 0 Å². The maximum absolute atomic E-state index is 6.23. The van der Waals surface area contributed by atoms with Crippen molar-refractivity contribution in [3.8, 4) is 0 Å². The molecular formula is C18H28ClIN4. The van der Waals surface area contributed by atoms with Gasteiger partial charge in [0.25, 0.3) is 0 Å². The highest BCUT2D eigenvalue weighted by Gasteiger charge is 2.24. The topological polar surface area (TPSA) is 44.9 Å². The summed E-state index contributed by atoms with van der Waals surface area (Å²) >= 11 is 6.19. The Bertz CT molecular complexity index is 540. The third-order valence-electron chi connectivity index (χ3n) is 4.92. The summed E-state index contributed by atoms with van der Waals surface area (Å²) < 4.78 is 0. The summed E-state index contributed by atoms with van der Waals surface area (Å²) in [6.45, 7) is 5.07. The summed E-state index contributed by atoms with van der Waals surface area (Å²) in [6, 6.07) is 8.45. The van der Waals surface area contributed by atoms with Gasteiger partial charge >= 0.3 is 0 Å². The highest BCUT2D eigenvalue weighted by Crippen LogP contribution is 2.27. The molecule has 1 aromatic carbocycles. The van der Waals surface area contributed by atoms with E-state index in [-0.39, 0.29) is 30.0 Å². The Labute approximate surface area is 167 Å². The van der Waals surface area contributed by atoms with Gasteiger partial charge in [0.1, 0.15) is 0 Å². The van der Waals surface area contributed by atoms with Crippen molar-refractivity contribution in [3.63, 3.8) is 0 Å². The first kappa shape index (κ1) is 19.8. The summed E-state index contributed by atoms with van der Waals surface area (Å²) in [4.78, 5) is 9.47. The van der Waals surface area contributed by atoms with Crippen LogP contribution in [0.4, 0.5) is 0 Å². The molecule has 2 N–H and O–H groups in total. The summed E-state index contributed by atoms with van der Waals surface area (Å²) in [5.41, 5.74) is 7.48. The Kier molecular flexibility index (Phi) is 8.10. The molecule has 4 nitrogen and oxygen atoms in total. The average Bonchev–Trinajstić information content (AvgIpc) is 3.10. The summed E-state index contributed by atoms with van der Waals surface area (Å²) in [5, 5.41) is 0.791. The lowest BCUT2D eigenvalue weighted by atomic mass is 10.1. The molecule has 0 amide bonds.